The third-order valence-corrected chi connectivity index (χ3v) is 3.46. The van der Waals surface area contributed by atoms with Crippen molar-refractivity contribution in [3.8, 4) is 0 Å². The summed E-state index contributed by atoms with van der Waals surface area (Å²) in [6.45, 7) is 12.0. The fraction of sp³-hybridized carbons (Fsp3) is 0.467. The van der Waals surface area contributed by atoms with Crippen LogP contribution in [0.4, 0.5) is 0 Å². The van der Waals surface area contributed by atoms with Crippen LogP contribution in [-0.4, -0.2) is 18.5 Å². The van der Waals surface area contributed by atoms with E-state index in [2.05, 4.69) is 57.5 Å². The fourth-order valence-electron chi connectivity index (χ4n) is 2.18. The van der Waals surface area contributed by atoms with Crippen molar-refractivity contribution in [2.24, 2.45) is 0 Å². The summed E-state index contributed by atoms with van der Waals surface area (Å²) in [6.07, 6.45) is 1.13. The summed E-state index contributed by atoms with van der Waals surface area (Å²) in [5, 5.41) is 0. The zero-order valence-corrected chi connectivity index (χ0v) is 10.8. The van der Waals surface area contributed by atoms with E-state index in [0.717, 1.165) is 18.7 Å². The zero-order valence-electron chi connectivity index (χ0n) is 10.8. The Kier molecular flexibility index (Phi) is 2.57. The van der Waals surface area contributed by atoms with Gasteiger partial charge in [0.2, 0.25) is 0 Å². The van der Waals surface area contributed by atoms with Gasteiger partial charge in [-0.05, 0) is 23.0 Å². The number of fused-ring (bicyclic) bond motifs is 1. The van der Waals surface area contributed by atoms with Crippen LogP contribution in [0.3, 0.4) is 0 Å². The monoisotopic (exact) mass is 215 g/mol. The zero-order chi connectivity index (χ0) is 11.9. The molecule has 1 aromatic rings. The van der Waals surface area contributed by atoms with Gasteiger partial charge in [0.25, 0.3) is 0 Å². The molecule has 1 aliphatic rings. The van der Waals surface area contributed by atoms with Crippen molar-refractivity contribution < 1.29 is 0 Å². The summed E-state index contributed by atoms with van der Waals surface area (Å²) in [6, 6.07) is 6.82. The van der Waals surface area contributed by atoms with Gasteiger partial charge in [0.15, 0.2) is 0 Å². The lowest BCUT2D eigenvalue weighted by molar-refractivity contribution is 0.469. The van der Waals surface area contributed by atoms with Crippen LogP contribution in [0.15, 0.2) is 24.8 Å². The van der Waals surface area contributed by atoms with E-state index in [9.17, 15) is 0 Å². The van der Waals surface area contributed by atoms with Gasteiger partial charge in [0.05, 0.1) is 0 Å². The molecule has 1 nitrogen and oxygen atoms in total. The van der Waals surface area contributed by atoms with Crippen LogP contribution in [0.5, 0.6) is 0 Å². The van der Waals surface area contributed by atoms with Crippen molar-refractivity contribution in [3.05, 3.63) is 41.5 Å². The fourth-order valence-corrected chi connectivity index (χ4v) is 2.18. The summed E-state index contributed by atoms with van der Waals surface area (Å²) in [5.74, 6) is 0. The van der Waals surface area contributed by atoms with Gasteiger partial charge in [-0.3, -0.25) is 0 Å². The number of hydrogen-bond donors (Lipinski definition) is 0. The molecule has 0 saturated heterocycles. The van der Waals surface area contributed by atoms with Crippen molar-refractivity contribution in [2.45, 2.75) is 32.6 Å². The molecule has 0 radical (unpaired) electrons. The molecule has 0 saturated carbocycles. The molecule has 0 aromatic heterocycles. The minimum absolute atomic E-state index is 0.236. The SMILES string of the molecule is C=C1c2ccc(C(C)(C)C)cc2CCN1C. The quantitative estimate of drug-likeness (QED) is 0.641. The largest absolute Gasteiger partial charge is 0.374 e. The molecule has 0 unspecified atom stereocenters. The average Bonchev–Trinajstić information content (AvgIpc) is 2.22. The van der Waals surface area contributed by atoms with Gasteiger partial charge >= 0.3 is 0 Å². The molecular formula is C15H21N. The van der Waals surface area contributed by atoms with Gasteiger partial charge in [0, 0.05) is 24.9 Å². The first-order chi connectivity index (χ1) is 7.39. The lowest BCUT2D eigenvalue weighted by atomic mass is 9.83. The number of hydrogen-bond acceptors (Lipinski definition) is 1. The molecule has 0 aliphatic carbocycles. The third kappa shape index (κ3) is 1.87. The molecule has 1 heteroatoms. The first kappa shape index (κ1) is 11.3. The van der Waals surface area contributed by atoms with E-state index in [4.69, 9.17) is 0 Å². The highest BCUT2D eigenvalue weighted by molar-refractivity contribution is 5.67. The topological polar surface area (TPSA) is 3.24 Å². The normalized spacial score (nSPS) is 16.2. The second kappa shape index (κ2) is 3.65. The van der Waals surface area contributed by atoms with Crippen LogP contribution >= 0.6 is 0 Å². The van der Waals surface area contributed by atoms with Gasteiger partial charge in [0.1, 0.15) is 0 Å². The molecule has 0 amide bonds. The van der Waals surface area contributed by atoms with Crippen LogP contribution in [0.1, 0.15) is 37.5 Å². The molecule has 0 bridgehead atoms. The number of benzene rings is 1. The van der Waals surface area contributed by atoms with E-state index in [1.54, 1.807) is 0 Å². The summed E-state index contributed by atoms with van der Waals surface area (Å²) in [4.78, 5) is 2.24. The maximum atomic E-state index is 4.15. The lowest BCUT2D eigenvalue weighted by Gasteiger charge is -2.30. The molecule has 86 valence electrons. The highest BCUT2D eigenvalue weighted by Crippen LogP contribution is 2.30. The minimum Gasteiger partial charge on any atom is -0.374 e. The predicted octanol–water partition coefficient (Wildman–Crippen LogP) is 3.44. The van der Waals surface area contributed by atoms with Gasteiger partial charge in [-0.25, -0.2) is 0 Å². The smallest absolute Gasteiger partial charge is 0.0367 e. The van der Waals surface area contributed by atoms with Crippen LogP contribution < -0.4 is 0 Å². The Morgan fingerprint density at radius 3 is 2.56 bits per heavy atom. The van der Waals surface area contributed by atoms with Crippen LogP contribution in [0, 0.1) is 0 Å². The second-order valence-electron chi connectivity index (χ2n) is 5.74. The molecule has 0 N–H and O–H groups in total. The summed E-state index contributed by atoms with van der Waals surface area (Å²) < 4.78 is 0. The van der Waals surface area contributed by atoms with E-state index < -0.39 is 0 Å². The van der Waals surface area contributed by atoms with Crippen molar-refractivity contribution in [1.29, 1.82) is 0 Å². The Bertz CT molecular complexity index is 424. The maximum Gasteiger partial charge on any atom is 0.0367 e. The summed E-state index contributed by atoms with van der Waals surface area (Å²) in [5.41, 5.74) is 5.59. The first-order valence-electron chi connectivity index (χ1n) is 5.93. The van der Waals surface area contributed by atoms with Crippen LogP contribution in [-0.2, 0) is 11.8 Å². The van der Waals surface area contributed by atoms with Gasteiger partial charge in [-0.15, -0.1) is 0 Å². The number of rotatable bonds is 0. The molecule has 0 spiro atoms. The maximum absolute atomic E-state index is 4.15. The van der Waals surface area contributed by atoms with Crippen molar-refractivity contribution in [1.82, 2.24) is 4.90 Å². The Labute approximate surface area is 98.8 Å². The molecular weight excluding hydrogens is 194 g/mol. The summed E-state index contributed by atoms with van der Waals surface area (Å²) in [7, 11) is 2.11. The predicted molar refractivity (Wildman–Crippen MR) is 70.5 cm³/mol. The van der Waals surface area contributed by atoms with Gasteiger partial charge in [-0.2, -0.15) is 0 Å². The van der Waals surface area contributed by atoms with Gasteiger partial charge in [-0.1, -0.05) is 45.5 Å². The Morgan fingerprint density at radius 2 is 1.94 bits per heavy atom. The molecule has 16 heavy (non-hydrogen) atoms. The lowest BCUT2D eigenvalue weighted by Crippen LogP contribution is -2.25. The van der Waals surface area contributed by atoms with E-state index in [1.807, 2.05) is 0 Å². The van der Waals surface area contributed by atoms with Crippen molar-refractivity contribution in [2.75, 3.05) is 13.6 Å². The second-order valence-corrected chi connectivity index (χ2v) is 5.74. The van der Waals surface area contributed by atoms with E-state index >= 15 is 0 Å². The molecule has 1 heterocycles. The van der Waals surface area contributed by atoms with Crippen LogP contribution in [0.25, 0.3) is 5.70 Å². The third-order valence-electron chi connectivity index (χ3n) is 3.46. The average molecular weight is 215 g/mol. The molecule has 1 aromatic carbocycles. The summed E-state index contributed by atoms with van der Waals surface area (Å²) >= 11 is 0. The van der Waals surface area contributed by atoms with Gasteiger partial charge < -0.3 is 4.90 Å². The minimum atomic E-state index is 0.236. The highest BCUT2D eigenvalue weighted by atomic mass is 15.1. The number of likely N-dealkylation sites (N-methyl/N-ethyl adjacent to an activating group) is 1. The highest BCUT2D eigenvalue weighted by Gasteiger charge is 2.20. The number of nitrogens with zero attached hydrogens (tertiary/aromatic N) is 1. The Morgan fingerprint density at radius 1 is 1.25 bits per heavy atom. The van der Waals surface area contributed by atoms with E-state index in [0.29, 0.717) is 0 Å². The van der Waals surface area contributed by atoms with E-state index in [1.165, 1.54) is 16.7 Å². The molecule has 1 aliphatic heterocycles. The molecule has 2 rings (SSSR count). The van der Waals surface area contributed by atoms with Crippen molar-refractivity contribution in [3.63, 3.8) is 0 Å². The van der Waals surface area contributed by atoms with Crippen molar-refractivity contribution >= 4 is 5.70 Å². The van der Waals surface area contributed by atoms with Crippen LogP contribution in [0.2, 0.25) is 0 Å². The Hall–Kier alpha value is -1.24. The molecule has 0 fully saturated rings. The Balaban J connectivity index is 2.45. The standard InChI is InChI=1S/C15H21N/c1-11-14-7-6-13(15(2,3)4)10-12(14)8-9-16(11)5/h6-7,10H,1,8-9H2,2-5H3. The molecule has 0 atom stereocenters. The first-order valence-corrected chi connectivity index (χ1v) is 5.93. The van der Waals surface area contributed by atoms with E-state index in [-0.39, 0.29) is 5.41 Å².